The molecule has 0 spiro atoms. The Morgan fingerprint density at radius 1 is 1.47 bits per heavy atom. The minimum absolute atomic E-state index is 0.0407. The predicted molar refractivity (Wildman–Crippen MR) is 67.8 cm³/mol. The van der Waals surface area contributed by atoms with Gasteiger partial charge in [0.2, 0.25) is 0 Å². The molecule has 0 saturated carbocycles. The number of ether oxygens (including phenoxy) is 1. The first-order chi connectivity index (χ1) is 7.22. The third-order valence-electron chi connectivity index (χ3n) is 1.82. The molecule has 0 aliphatic heterocycles. The Morgan fingerprint density at radius 2 is 2.13 bits per heavy atom. The van der Waals surface area contributed by atoms with Gasteiger partial charge in [-0.25, -0.2) is 4.79 Å². The second-order valence-corrected chi connectivity index (χ2v) is 5.28. The Balaban J connectivity index is 2.48. The van der Waals surface area contributed by atoms with Crippen LogP contribution in [0.4, 0.5) is 4.79 Å². The lowest BCUT2D eigenvalue weighted by Gasteiger charge is -2.06. The van der Waals surface area contributed by atoms with Crippen LogP contribution in [0.2, 0.25) is 0 Å². The predicted octanol–water partition coefficient (Wildman–Crippen LogP) is 3.95. The standard InChI is InChI=1S/C11H14INO2/c1-3-9(2)15-11(14)13-12-10-7-5-4-6-8-10/h4-9H,3H2,1-2H3. The van der Waals surface area contributed by atoms with Crippen molar-refractivity contribution >= 4 is 27.1 Å². The van der Waals surface area contributed by atoms with Gasteiger partial charge in [-0.2, -0.15) is 0 Å². The van der Waals surface area contributed by atoms with E-state index in [4.69, 9.17) is 4.74 Å². The van der Waals surface area contributed by atoms with Crippen molar-refractivity contribution in [1.29, 1.82) is 0 Å². The highest BCUT2D eigenvalue weighted by atomic mass is 127. The summed E-state index contributed by atoms with van der Waals surface area (Å²) in [5.41, 5.74) is 0. The van der Waals surface area contributed by atoms with Crippen LogP contribution in [0.5, 0.6) is 0 Å². The first-order valence-corrected chi connectivity index (χ1v) is 6.87. The summed E-state index contributed by atoms with van der Waals surface area (Å²) >= 11 is -0.600. The van der Waals surface area contributed by atoms with E-state index in [0.717, 1.165) is 9.99 Å². The van der Waals surface area contributed by atoms with Gasteiger partial charge < -0.3 is 4.74 Å². The lowest BCUT2D eigenvalue weighted by molar-refractivity contribution is 0.115. The first kappa shape index (κ1) is 12.3. The summed E-state index contributed by atoms with van der Waals surface area (Å²) in [5, 5.41) is 0. The smallest absolute Gasteiger partial charge is 0.438 e. The van der Waals surface area contributed by atoms with Gasteiger partial charge in [-0.15, -0.1) is 3.15 Å². The van der Waals surface area contributed by atoms with Gasteiger partial charge in [-0.3, -0.25) is 0 Å². The van der Waals surface area contributed by atoms with E-state index in [0.29, 0.717) is 0 Å². The van der Waals surface area contributed by atoms with E-state index >= 15 is 0 Å². The number of benzene rings is 1. The van der Waals surface area contributed by atoms with Crippen LogP contribution in [0.25, 0.3) is 0 Å². The largest absolute Gasteiger partial charge is 0.445 e. The molecule has 1 rings (SSSR count). The monoisotopic (exact) mass is 319 g/mol. The van der Waals surface area contributed by atoms with Gasteiger partial charge in [0, 0.05) is 24.6 Å². The van der Waals surface area contributed by atoms with Gasteiger partial charge in [-0.05, 0) is 25.5 Å². The van der Waals surface area contributed by atoms with Crippen LogP contribution in [0.15, 0.2) is 33.5 Å². The number of carbonyl (C=O) groups excluding carboxylic acids is 1. The van der Waals surface area contributed by atoms with E-state index in [-0.39, 0.29) is 6.10 Å². The van der Waals surface area contributed by atoms with Crippen LogP contribution >= 0.6 is 21.0 Å². The number of nitrogens with zero attached hydrogens (tertiary/aromatic N) is 1. The highest BCUT2D eigenvalue weighted by Crippen LogP contribution is 2.14. The minimum Gasteiger partial charge on any atom is -0.445 e. The van der Waals surface area contributed by atoms with Crippen molar-refractivity contribution in [1.82, 2.24) is 0 Å². The molecule has 4 heteroatoms. The molecule has 82 valence electrons. The lowest BCUT2D eigenvalue weighted by Crippen LogP contribution is -2.09. The van der Waals surface area contributed by atoms with Crippen molar-refractivity contribution in [2.45, 2.75) is 26.4 Å². The van der Waals surface area contributed by atoms with E-state index < -0.39 is 27.1 Å². The van der Waals surface area contributed by atoms with Crippen molar-refractivity contribution in [2.24, 2.45) is 3.15 Å². The summed E-state index contributed by atoms with van der Waals surface area (Å²) in [7, 11) is 0. The third kappa shape index (κ3) is 5.01. The third-order valence-corrected chi connectivity index (χ3v) is 3.73. The van der Waals surface area contributed by atoms with Crippen molar-refractivity contribution in [3.63, 3.8) is 0 Å². The summed E-state index contributed by atoms with van der Waals surface area (Å²) in [6.07, 6.45) is 0.354. The number of hydrogen-bond donors (Lipinski definition) is 0. The highest BCUT2D eigenvalue weighted by Gasteiger charge is 2.04. The van der Waals surface area contributed by atoms with Crippen LogP contribution < -0.4 is 0 Å². The second kappa shape index (κ2) is 6.66. The van der Waals surface area contributed by atoms with Crippen LogP contribution in [-0.2, 0) is 4.74 Å². The minimum atomic E-state index is -0.600. The molecule has 0 saturated heterocycles. The quantitative estimate of drug-likeness (QED) is 0.792. The molecule has 0 aromatic heterocycles. The zero-order chi connectivity index (χ0) is 11.1. The molecule has 1 aromatic carbocycles. The fourth-order valence-corrected chi connectivity index (χ4v) is 2.16. The molecular formula is C11H14INO2. The Kier molecular flexibility index (Phi) is 5.45. The molecule has 1 amide bonds. The van der Waals surface area contributed by atoms with Gasteiger partial charge in [0.1, 0.15) is 6.10 Å². The van der Waals surface area contributed by atoms with Crippen molar-refractivity contribution in [2.75, 3.05) is 0 Å². The van der Waals surface area contributed by atoms with Crippen LogP contribution in [0.1, 0.15) is 20.3 Å². The summed E-state index contributed by atoms with van der Waals surface area (Å²) in [4.78, 5) is 11.2. The molecule has 15 heavy (non-hydrogen) atoms. The molecule has 1 unspecified atom stereocenters. The fourth-order valence-electron chi connectivity index (χ4n) is 0.830. The highest BCUT2D eigenvalue weighted by molar-refractivity contribution is 14.2. The van der Waals surface area contributed by atoms with Gasteiger partial charge in [0.15, 0.2) is 0 Å². The van der Waals surface area contributed by atoms with Crippen molar-refractivity contribution in [3.8, 4) is 0 Å². The van der Waals surface area contributed by atoms with Gasteiger partial charge in [0.25, 0.3) is 0 Å². The SMILES string of the molecule is CCC(C)OC(=O)N=Ic1ccccc1. The average molecular weight is 319 g/mol. The Hall–Kier alpha value is -0.780. The lowest BCUT2D eigenvalue weighted by atomic mass is 10.3. The van der Waals surface area contributed by atoms with Crippen LogP contribution in [-0.4, -0.2) is 12.2 Å². The molecular weight excluding hydrogens is 305 g/mol. The summed E-state index contributed by atoms with van der Waals surface area (Å²) < 4.78 is 10.1. The number of halogens is 1. The molecule has 0 heterocycles. The van der Waals surface area contributed by atoms with Crippen molar-refractivity contribution in [3.05, 3.63) is 33.9 Å². The first-order valence-electron chi connectivity index (χ1n) is 4.83. The van der Waals surface area contributed by atoms with E-state index in [9.17, 15) is 4.79 Å². The number of amides is 1. The Morgan fingerprint density at radius 3 is 2.73 bits per heavy atom. The maximum Gasteiger partial charge on any atom is 0.438 e. The molecule has 0 N–H and O–H groups in total. The van der Waals surface area contributed by atoms with Gasteiger partial charge in [-0.1, -0.05) is 25.1 Å². The maximum absolute atomic E-state index is 11.2. The molecule has 0 aliphatic rings. The van der Waals surface area contributed by atoms with Crippen LogP contribution in [0, 0.1) is 3.57 Å². The number of hydrogen-bond acceptors (Lipinski definition) is 2. The van der Waals surface area contributed by atoms with Crippen molar-refractivity contribution < 1.29 is 9.53 Å². The summed E-state index contributed by atoms with van der Waals surface area (Å²) in [6.45, 7) is 3.85. The van der Waals surface area contributed by atoms with E-state index in [2.05, 4.69) is 3.15 Å². The van der Waals surface area contributed by atoms with E-state index in [1.807, 2.05) is 44.2 Å². The van der Waals surface area contributed by atoms with E-state index in [1.165, 1.54) is 0 Å². The topological polar surface area (TPSA) is 38.7 Å². The molecule has 0 radical (unpaired) electrons. The number of carbonyl (C=O) groups is 1. The molecule has 1 atom stereocenters. The molecule has 0 fully saturated rings. The average Bonchev–Trinajstić information content (AvgIpc) is 2.27. The Bertz CT molecular complexity index is 338. The number of rotatable bonds is 3. The zero-order valence-electron chi connectivity index (χ0n) is 8.81. The maximum atomic E-state index is 11.2. The molecule has 3 nitrogen and oxygen atoms in total. The molecule has 0 bridgehead atoms. The summed E-state index contributed by atoms with van der Waals surface area (Å²) in [5.74, 6) is 0. The molecule has 1 aromatic rings. The second-order valence-electron chi connectivity index (χ2n) is 3.07. The molecule has 0 aliphatic carbocycles. The van der Waals surface area contributed by atoms with E-state index in [1.54, 1.807) is 0 Å². The van der Waals surface area contributed by atoms with Crippen LogP contribution in [0.3, 0.4) is 0 Å². The zero-order valence-corrected chi connectivity index (χ0v) is 11.0. The van der Waals surface area contributed by atoms with Gasteiger partial charge >= 0.3 is 6.09 Å². The summed E-state index contributed by atoms with van der Waals surface area (Å²) in [6, 6.07) is 9.81. The van der Waals surface area contributed by atoms with Gasteiger partial charge in [0.05, 0.1) is 0 Å². The normalized spacial score (nSPS) is 13.2. The Labute approximate surface area is 100.0 Å². The fraction of sp³-hybridized carbons (Fsp3) is 0.364.